The highest BCUT2D eigenvalue weighted by Gasteiger charge is 2.40. The Morgan fingerprint density at radius 2 is 1.91 bits per heavy atom. The largest absolute Gasteiger partial charge is 0.493 e. The molecule has 0 aromatic heterocycles. The smallest absolute Gasteiger partial charge is 0.251 e. The van der Waals surface area contributed by atoms with Crippen LogP contribution in [0.25, 0.3) is 0 Å². The van der Waals surface area contributed by atoms with Crippen molar-refractivity contribution in [2.75, 3.05) is 31.8 Å². The molecule has 4 unspecified atom stereocenters. The summed E-state index contributed by atoms with van der Waals surface area (Å²) in [5, 5.41) is 17.8. The van der Waals surface area contributed by atoms with Gasteiger partial charge >= 0.3 is 0 Å². The van der Waals surface area contributed by atoms with Crippen LogP contribution in [0.15, 0.2) is 48.5 Å². The SMILES string of the molecule is COCCCOc1cc(C(=O)NC(Cc2ccccc2)[C@@H](O)C[C@@H](C)C(=O)NC2CC3CCC2C3)cc(N2CCCC2=O)c1. The molecule has 0 spiro atoms. The number of carbonyl (C=O) groups excluding carboxylic acids is 3. The number of hydrogen-bond acceptors (Lipinski definition) is 6. The van der Waals surface area contributed by atoms with E-state index in [1.807, 2.05) is 37.3 Å². The van der Waals surface area contributed by atoms with Gasteiger partial charge in [-0.25, -0.2) is 0 Å². The van der Waals surface area contributed by atoms with Gasteiger partial charge in [-0.15, -0.1) is 0 Å². The van der Waals surface area contributed by atoms with Crippen molar-refractivity contribution in [3.63, 3.8) is 0 Å². The van der Waals surface area contributed by atoms with Gasteiger partial charge in [0.05, 0.1) is 18.8 Å². The van der Waals surface area contributed by atoms with E-state index in [0.29, 0.717) is 61.9 Å². The molecule has 44 heavy (non-hydrogen) atoms. The van der Waals surface area contributed by atoms with E-state index in [1.54, 1.807) is 30.2 Å². The number of aliphatic hydroxyl groups is 1. The van der Waals surface area contributed by atoms with Gasteiger partial charge in [0.1, 0.15) is 5.75 Å². The maximum atomic E-state index is 13.8. The first-order valence-electron chi connectivity index (χ1n) is 16.2. The maximum Gasteiger partial charge on any atom is 0.251 e. The van der Waals surface area contributed by atoms with Gasteiger partial charge in [0.25, 0.3) is 5.91 Å². The lowest BCUT2D eigenvalue weighted by Crippen LogP contribution is -2.47. The minimum atomic E-state index is -0.951. The second-order valence-electron chi connectivity index (χ2n) is 12.8. The van der Waals surface area contributed by atoms with Gasteiger partial charge in [-0.3, -0.25) is 14.4 Å². The van der Waals surface area contributed by atoms with Gasteiger partial charge in [0.2, 0.25) is 11.8 Å². The van der Waals surface area contributed by atoms with Crippen LogP contribution in [-0.2, 0) is 20.7 Å². The van der Waals surface area contributed by atoms with E-state index in [2.05, 4.69) is 10.6 Å². The number of hydrogen-bond donors (Lipinski definition) is 3. The first-order valence-corrected chi connectivity index (χ1v) is 16.2. The predicted octanol–water partition coefficient (Wildman–Crippen LogP) is 4.26. The standard InChI is InChI=1S/C35H47N3O6/c1-23(34(41)36-30-19-25-11-12-26(30)17-25)16-32(39)31(18-24-8-4-3-5-9-24)37-35(42)27-20-28(38-13-6-10-33(38)40)22-29(21-27)44-15-7-14-43-2/h3-5,8-9,20-23,25-26,30-32,39H,6-7,10-19H2,1-2H3,(H,36,41)(H,37,42)/t23-,25?,26?,30?,31?,32+/m1/s1. The summed E-state index contributed by atoms with van der Waals surface area (Å²) in [6, 6.07) is 14.5. The highest BCUT2D eigenvalue weighted by atomic mass is 16.5. The van der Waals surface area contributed by atoms with Gasteiger partial charge in [-0.05, 0) is 68.1 Å². The van der Waals surface area contributed by atoms with Crippen molar-refractivity contribution in [1.29, 1.82) is 0 Å². The Labute approximate surface area is 260 Å². The van der Waals surface area contributed by atoms with Gasteiger partial charge < -0.3 is 30.1 Å². The first-order chi connectivity index (χ1) is 21.3. The van der Waals surface area contributed by atoms with Crippen LogP contribution in [0.4, 0.5) is 5.69 Å². The number of fused-ring (bicyclic) bond motifs is 2. The summed E-state index contributed by atoms with van der Waals surface area (Å²) < 4.78 is 11.1. The highest BCUT2D eigenvalue weighted by Crippen LogP contribution is 2.44. The molecule has 2 saturated carbocycles. The Hall–Kier alpha value is -3.43. The Morgan fingerprint density at radius 3 is 2.59 bits per heavy atom. The van der Waals surface area contributed by atoms with Crippen molar-refractivity contribution < 1.29 is 29.0 Å². The van der Waals surface area contributed by atoms with Crippen molar-refractivity contribution >= 4 is 23.4 Å². The Kier molecular flexibility index (Phi) is 10.9. The third-order valence-electron chi connectivity index (χ3n) is 9.49. The molecule has 5 rings (SSSR count). The van der Waals surface area contributed by atoms with Gasteiger partial charge in [0, 0.05) is 62.4 Å². The number of nitrogens with zero attached hydrogens (tertiary/aromatic N) is 1. The molecule has 6 atom stereocenters. The van der Waals surface area contributed by atoms with Crippen LogP contribution in [0.5, 0.6) is 5.75 Å². The van der Waals surface area contributed by atoms with Crippen LogP contribution in [0, 0.1) is 17.8 Å². The molecule has 9 nitrogen and oxygen atoms in total. The summed E-state index contributed by atoms with van der Waals surface area (Å²) in [6.07, 6.45) is 6.31. The van der Waals surface area contributed by atoms with E-state index >= 15 is 0 Å². The molecule has 3 amide bonds. The molecule has 2 aliphatic carbocycles. The van der Waals surface area contributed by atoms with E-state index in [9.17, 15) is 19.5 Å². The molecule has 3 fully saturated rings. The fourth-order valence-corrected chi connectivity index (χ4v) is 7.05. The zero-order chi connectivity index (χ0) is 31.1. The summed E-state index contributed by atoms with van der Waals surface area (Å²) >= 11 is 0. The zero-order valence-corrected chi connectivity index (χ0v) is 26.0. The predicted molar refractivity (Wildman–Crippen MR) is 169 cm³/mol. The monoisotopic (exact) mass is 605 g/mol. The average Bonchev–Trinajstić information content (AvgIpc) is 3.77. The van der Waals surface area contributed by atoms with Gasteiger partial charge in [-0.2, -0.15) is 0 Å². The lowest BCUT2D eigenvalue weighted by molar-refractivity contribution is -0.126. The maximum absolute atomic E-state index is 13.8. The molecule has 1 aliphatic heterocycles. The van der Waals surface area contributed by atoms with E-state index in [-0.39, 0.29) is 30.2 Å². The molecule has 238 valence electrons. The van der Waals surface area contributed by atoms with Gasteiger partial charge in [0.15, 0.2) is 0 Å². The second kappa shape index (κ2) is 15.0. The summed E-state index contributed by atoms with van der Waals surface area (Å²) in [5.74, 6) is 0.999. The summed E-state index contributed by atoms with van der Waals surface area (Å²) in [4.78, 5) is 41.1. The van der Waals surface area contributed by atoms with Crippen LogP contribution in [0.2, 0.25) is 0 Å². The third kappa shape index (κ3) is 8.18. The van der Waals surface area contributed by atoms with Crippen LogP contribution >= 0.6 is 0 Å². The Morgan fingerprint density at radius 1 is 1.09 bits per heavy atom. The number of benzene rings is 2. The fraction of sp³-hybridized carbons (Fsp3) is 0.571. The molecule has 1 heterocycles. The molecular formula is C35H47N3O6. The average molecular weight is 606 g/mol. The second-order valence-corrected chi connectivity index (χ2v) is 12.8. The number of rotatable bonds is 15. The minimum Gasteiger partial charge on any atom is -0.493 e. The third-order valence-corrected chi connectivity index (χ3v) is 9.49. The van der Waals surface area contributed by atoms with Crippen molar-refractivity contribution in [2.45, 2.75) is 82.9 Å². The molecule has 2 bridgehead atoms. The topological polar surface area (TPSA) is 117 Å². The molecule has 9 heteroatoms. The minimum absolute atomic E-state index is 0.0166. The highest BCUT2D eigenvalue weighted by molar-refractivity contribution is 5.99. The fourth-order valence-electron chi connectivity index (χ4n) is 7.05. The van der Waals surface area contributed by atoms with Crippen molar-refractivity contribution in [1.82, 2.24) is 10.6 Å². The number of aliphatic hydroxyl groups excluding tert-OH is 1. The zero-order valence-electron chi connectivity index (χ0n) is 26.0. The lowest BCUT2D eigenvalue weighted by Gasteiger charge is -2.28. The number of carbonyl (C=O) groups is 3. The Bertz CT molecular complexity index is 1290. The van der Waals surface area contributed by atoms with Crippen LogP contribution in [0.3, 0.4) is 0 Å². The van der Waals surface area contributed by atoms with Crippen molar-refractivity contribution in [3.05, 3.63) is 59.7 Å². The summed E-state index contributed by atoms with van der Waals surface area (Å²) in [5.41, 5.74) is 1.93. The van der Waals surface area contributed by atoms with Crippen LogP contribution < -0.4 is 20.3 Å². The molecule has 2 aromatic carbocycles. The number of anilines is 1. The normalized spacial score (nSPS) is 22.9. The van der Waals surface area contributed by atoms with Crippen LogP contribution in [-0.4, -0.2) is 67.9 Å². The van der Waals surface area contributed by atoms with Crippen molar-refractivity contribution in [2.24, 2.45) is 17.8 Å². The van der Waals surface area contributed by atoms with Gasteiger partial charge in [-0.1, -0.05) is 43.7 Å². The number of ether oxygens (including phenoxy) is 2. The van der Waals surface area contributed by atoms with E-state index in [4.69, 9.17) is 9.47 Å². The molecule has 2 aromatic rings. The van der Waals surface area contributed by atoms with Crippen LogP contribution in [0.1, 0.15) is 74.2 Å². The number of nitrogens with one attached hydrogen (secondary N) is 2. The lowest BCUT2D eigenvalue weighted by atomic mass is 9.91. The summed E-state index contributed by atoms with van der Waals surface area (Å²) in [6.45, 7) is 3.39. The number of amides is 3. The number of methoxy groups -OCH3 is 1. The van der Waals surface area contributed by atoms with E-state index < -0.39 is 18.1 Å². The van der Waals surface area contributed by atoms with E-state index in [1.165, 1.54) is 19.3 Å². The quantitative estimate of drug-likeness (QED) is 0.261. The molecular weight excluding hydrogens is 558 g/mol. The molecule has 1 saturated heterocycles. The van der Waals surface area contributed by atoms with E-state index in [0.717, 1.165) is 24.3 Å². The Balaban J connectivity index is 1.30. The molecule has 0 radical (unpaired) electrons. The molecule has 3 aliphatic rings. The molecule has 3 N–H and O–H groups in total. The summed E-state index contributed by atoms with van der Waals surface area (Å²) in [7, 11) is 1.63. The first kappa shape index (κ1) is 32.0. The van der Waals surface area contributed by atoms with Crippen molar-refractivity contribution in [3.8, 4) is 5.75 Å².